The minimum atomic E-state index is -3.18. The van der Waals surface area contributed by atoms with E-state index in [2.05, 4.69) is 9.97 Å². The molecule has 7 heteroatoms. The number of hydrogen-bond donors (Lipinski definition) is 1. The summed E-state index contributed by atoms with van der Waals surface area (Å²) in [5.74, 6) is 0. The number of halogens is 1. The van der Waals surface area contributed by atoms with Crippen molar-refractivity contribution in [2.75, 3.05) is 6.26 Å². The molecule has 2 heterocycles. The highest BCUT2D eigenvalue weighted by Crippen LogP contribution is 2.38. The third kappa shape index (κ3) is 2.86. The van der Waals surface area contributed by atoms with Crippen molar-refractivity contribution in [2.45, 2.75) is 21.6 Å². The molecule has 0 amide bonds. The maximum Gasteiger partial charge on any atom is 0.175 e. The maximum absolute atomic E-state index is 11.5. The van der Waals surface area contributed by atoms with Crippen molar-refractivity contribution in [1.29, 1.82) is 0 Å². The average Bonchev–Trinajstić information content (AvgIpc) is 2.76. The molecule has 0 unspecified atom stereocenters. The lowest BCUT2D eigenvalue weighted by Gasteiger charge is -2.04. The van der Waals surface area contributed by atoms with Crippen molar-refractivity contribution in [3.05, 3.63) is 47.4 Å². The van der Waals surface area contributed by atoms with Crippen LogP contribution in [0.2, 0.25) is 5.15 Å². The second-order valence-electron chi connectivity index (χ2n) is 4.95. The molecule has 0 fully saturated rings. The van der Waals surface area contributed by atoms with Gasteiger partial charge in [0.25, 0.3) is 0 Å². The summed E-state index contributed by atoms with van der Waals surface area (Å²) in [6.07, 6.45) is 2.86. The third-order valence-corrected chi connectivity index (χ3v) is 5.90. The van der Waals surface area contributed by atoms with Gasteiger partial charge in [0.1, 0.15) is 5.15 Å². The van der Waals surface area contributed by atoms with Crippen LogP contribution in [0.25, 0.3) is 10.9 Å². The standard InChI is InChI=1S/C15H13ClN2O2S2/c1-9-14(13-12(18-9)7-8-17-15(13)16)21-10-3-5-11(6-4-10)22(2,19)20/h3-8,18H,1-2H3. The first-order chi connectivity index (χ1) is 10.4. The lowest BCUT2D eigenvalue weighted by Crippen LogP contribution is -1.95. The fourth-order valence-corrected chi connectivity index (χ4v) is 4.16. The molecule has 0 spiro atoms. The number of nitrogens with one attached hydrogen (secondary N) is 1. The maximum atomic E-state index is 11.5. The lowest BCUT2D eigenvalue weighted by atomic mass is 10.3. The Labute approximate surface area is 137 Å². The zero-order valence-corrected chi connectivity index (χ0v) is 14.3. The average molecular weight is 353 g/mol. The predicted octanol–water partition coefficient (Wildman–Crippen LogP) is 4.08. The van der Waals surface area contributed by atoms with Crippen molar-refractivity contribution in [1.82, 2.24) is 9.97 Å². The Balaban J connectivity index is 2.02. The molecule has 3 aromatic rings. The number of benzene rings is 1. The normalized spacial score (nSPS) is 12.0. The van der Waals surface area contributed by atoms with Gasteiger partial charge in [0.2, 0.25) is 0 Å². The van der Waals surface area contributed by atoms with Crippen LogP contribution in [0.3, 0.4) is 0 Å². The van der Waals surface area contributed by atoms with Crippen LogP contribution in [0.5, 0.6) is 0 Å². The van der Waals surface area contributed by atoms with E-state index in [0.717, 1.165) is 26.4 Å². The van der Waals surface area contributed by atoms with Gasteiger partial charge in [-0.1, -0.05) is 23.4 Å². The molecule has 0 radical (unpaired) electrons. The van der Waals surface area contributed by atoms with Gasteiger partial charge in [-0.3, -0.25) is 0 Å². The van der Waals surface area contributed by atoms with Crippen LogP contribution in [0.1, 0.15) is 5.69 Å². The smallest absolute Gasteiger partial charge is 0.175 e. The Kier molecular flexibility index (Phi) is 3.92. The SMILES string of the molecule is Cc1[nH]c2ccnc(Cl)c2c1Sc1ccc(S(C)(=O)=O)cc1. The quantitative estimate of drug-likeness (QED) is 0.721. The second kappa shape index (κ2) is 5.61. The van der Waals surface area contributed by atoms with Crippen molar-refractivity contribution >= 4 is 44.1 Å². The van der Waals surface area contributed by atoms with Gasteiger partial charge in [-0.25, -0.2) is 13.4 Å². The molecule has 1 aromatic carbocycles. The zero-order valence-electron chi connectivity index (χ0n) is 11.9. The predicted molar refractivity (Wildman–Crippen MR) is 89.5 cm³/mol. The molecular weight excluding hydrogens is 340 g/mol. The summed E-state index contributed by atoms with van der Waals surface area (Å²) in [7, 11) is -3.18. The fraction of sp³-hybridized carbons (Fsp3) is 0.133. The van der Waals surface area contributed by atoms with Crippen molar-refractivity contribution in [2.24, 2.45) is 0 Å². The molecule has 0 saturated heterocycles. The molecule has 0 atom stereocenters. The van der Waals surface area contributed by atoms with Crippen LogP contribution in [0.15, 0.2) is 51.2 Å². The van der Waals surface area contributed by atoms with E-state index >= 15 is 0 Å². The number of rotatable bonds is 3. The van der Waals surface area contributed by atoms with Crippen LogP contribution in [0.4, 0.5) is 0 Å². The number of sulfone groups is 1. The van der Waals surface area contributed by atoms with Gasteiger partial charge in [0, 0.05) is 27.9 Å². The molecule has 0 aliphatic rings. The molecule has 2 aromatic heterocycles. The molecular formula is C15H13ClN2O2S2. The molecule has 0 saturated carbocycles. The van der Waals surface area contributed by atoms with E-state index in [1.165, 1.54) is 18.0 Å². The van der Waals surface area contributed by atoms with Crippen molar-refractivity contribution < 1.29 is 8.42 Å². The number of pyridine rings is 1. The van der Waals surface area contributed by atoms with Crippen LogP contribution >= 0.6 is 23.4 Å². The van der Waals surface area contributed by atoms with Crippen molar-refractivity contribution in [3.63, 3.8) is 0 Å². The van der Waals surface area contributed by atoms with Crippen LogP contribution in [-0.2, 0) is 9.84 Å². The molecule has 0 aliphatic carbocycles. The lowest BCUT2D eigenvalue weighted by molar-refractivity contribution is 0.602. The molecule has 0 bridgehead atoms. The highest BCUT2D eigenvalue weighted by atomic mass is 35.5. The summed E-state index contributed by atoms with van der Waals surface area (Å²) in [6.45, 7) is 1.98. The van der Waals surface area contributed by atoms with Gasteiger partial charge in [-0.15, -0.1) is 0 Å². The first kappa shape index (κ1) is 15.4. The number of fused-ring (bicyclic) bond motifs is 1. The van der Waals surface area contributed by atoms with Gasteiger partial charge in [-0.2, -0.15) is 0 Å². The molecule has 0 aliphatic heterocycles. The summed E-state index contributed by atoms with van der Waals surface area (Å²) in [5.41, 5.74) is 1.94. The molecule has 22 heavy (non-hydrogen) atoms. The Morgan fingerprint density at radius 2 is 1.86 bits per heavy atom. The second-order valence-corrected chi connectivity index (χ2v) is 8.41. The number of aromatic nitrogens is 2. The fourth-order valence-electron chi connectivity index (χ4n) is 2.20. The monoisotopic (exact) mass is 352 g/mol. The van der Waals surface area contributed by atoms with E-state index in [0.29, 0.717) is 10.0 Å². The van der Waals surface area contributed by atoms with E-state index in [4.69, 9.17) is 11.6 Å². The number of nitrogens with zero attached hydrogens (tertiary/aromatic N) is 1. The van der Waals surface area contributed by atoms with Gasteiger partial charge in [-0.05, 0) is 37.3 Å². The molecule has 114 valence electrons. The highest BCUT2D eigenvalue weighted by molar-refractivity contribution is 7.99. The number of aryl methyl sites for hydroxylation is 1. The Bertz CT molecular complexity index is 948. The molecule has 3 rings (SSSR count). The minimum Gasteiger partial charge on any atom is -0.358 e. The first-order valence-corrected chi connectivity index (χ1v) is 9.55. The largest absolute Gasteiger partial charge is 0.358 e. The molecule has 1 N–H and O–H groups in total. The Morgan fingerprint density at radius 3 is 2.50 bits per heavy atom. The summed E-state index contributed by atoms with van der Waals surface area (Å²) < 4.78 is 23.0. The van der Waals surface area contributed by atoms with Crippen LogP contribution in [0, 0.1) is 6.92 Å². The number of hydrogen-bond acceptors (Lipinski definition) is 4. The Hall–Kier alpha value is -1.50. The van der Waals surface area contributed by atoms with E-state index in [-0.39, 0.29) is 0 Å². The number of aromatic amines is 1. The zero-order chi connectivity index (χ0) is 15.9. The van der Waals surface area contributed by atoms with Crippen LogP contribution in [-0.4, -0.2) is 24.6 Å². The summed E-state index contributed by atoms with van der Waals surface area (Å²) >= 11 is 7.74. The van der Waals surface area contributed by atoms with E-state index < -0.39 is 9.84 Å². The van der Waals surface area contributed by atoms with Crippen LogP contribution < -0.4 is 0 Å². The van der Waals surface area contributed by atoms with Gasteiger partial charge in [0.15, 0.2) is 9.84 Å². The molecule has 4 nitrogen and oxygen atoms in total. The number of H-pyrrole nitrogens is 1. The van der Waals surface area contributed by atoms with E-state index in [1.54, 1.807) is 30.5 Å². The third-order valence-electron chi connectivity index (χ3n) is 3.27. The first-order valence-electron chi connectivity index (χ1n) is 6.47. The van der Waals surface area contributed by atoms with Gasteiger partial charge >= 0.3 is 0 Å². The van der Waals surface area contributed by atoms with E-state index in [1.807, 2.05) is 13.0 Å². The summed E-state index contributed by atoms with van der Waals surface area (Å²) in [4.78, 5) is 9.66. The van der Waals surface area contributed by atoms with Gasteiger partial charge in [0.05, 0.1) is 15.8 Å². The van der Waals surface area contributed by atoms with Crippen molar-refractivity contribution in [3.8, 4) is 0 Å². The Morgan fingerprint density at radius 1 is 1.18 bits per heavy atom. The minimum absolute atomic E-state index is 0.312. The highest BCUT2D eigenvalue weighted by Gasteiger charge is 2.14. The topological polar surface area (TPSA) is 62.8 Å². The summed E-state index contributed by atoms with van der Waals surface area (Å²) in [6, 6.07) is 8.70. The van der Waals surface area contributed by atoms with Gasteiger partial charge < -0.3 is 4.98 Å². The summed E-state index contributed by atoms with van der Waals surface area (Å²) in [5, 5.41) is 1.34. The van der Waals surface area contributed by atoms with E-state index in [9.17, 15) is 8.42 Å².